The number of halogens is 1. The van der Waals surface area contributed by atoms with Gasteiger partial charge in [0.1, 0.15) is 0 Å². The Kier molecular flexibility index (Phi) is 4.52. The molecular weight excluding hydrogens is 266 g/mol. The standard InChI is InChI=1S/C18H22ClN/c1-18(2,3)14-9-10-16(19)15(12-14)17(20)11-13-7-5-4-6-8-13/h4-10,12,17H,11,20H2,1-3H3. The van der Waals surface area contributed by atoms with Crippen LogP contribution in [0.15, 0.2) is 48.5 Å². The Morgan fingerprint density at radius 3 is 2.30 bits per heavy atom. The molecule has 2 N–H and O–H groups in total. The largest absolute Gasteiger partial charge is 0.324 e. The van der Waals surface area contributed by atoms with E-state index in [9.17, 15) is 0 Å². The van der Waals surface area contributed by atoms with Crippen LogP contribution in [-0.2, 0) is 11.8 Å². The summed E-state index contributed by atoms with van der Waals surface area (Å²) in [6, 6.07) is 16.4. The van der Waals surface area contributed by atoms with Gasteiger partial charge in [-0.2, -0.15) is 0 Å². The number of rotatable bonds is 3. The minimum atomic E-state index is -0.0767. The molecule has 0 saturated heterocycles. The molecule has 0 spiro atoms. The van der Waals surface area contributed by atoms with E-state index in [1.165, 1.54) is 11.1 Å². The number of benzene rings is 2. The van der Waals surface area contributed by atoms with Crippen molar-refractivity contribution in [2.24, 2.45) is 5.73 Å². The van der Waals surface area contributed by atoms with Crippen molar-refractivity contribution in [1.29, 1.82) is 0 Å². The Labute approximate surface area is 126 Å². The third-order valence-corrected chi connectivity index (χ3v) is 3.90. The summed E-state index contributed by atoms with van der Waals surface area (Å²) in [6.07, 6.45) is 0.800. The number of hydrogen-bond acceptors (Lipinski definition) is 1. The molecule has 0 aliphatic heterocycles. The average Bonchev–Trinajstić information content (AvgIpc) is 2.39. The van der Waals surface area contributed by atoms with Gasteiger partial charge in [0.05, 0.1) is 0 Å². The van der Waals surface area contributed by atoms with E-state index in [0.29, 0.717) is 0 Å². The van der Waals surface area contributed by atoms with E-state index < -0.39 is 0 Å². The van der Waals surface area contributed by atoms with Crippen LogP contribution in [-0.4, -0.2) is 0 Å². The molecule has 2 heteroatoms. The van der Waals surface area contributed by atoms with E-state index in [-0.39, 0.29) is 11.5 Å². The van der Waals surface area contributed by atoms with Crippen molar-refractivity contribution >= 4 is 11.6 Å². The van der Waals surface area contributed by atoms with Gasteiger partial charge >= 0.3 is 0 Å². The molecule has 0 bridgehead atoms. The Morgan fingerprint density at radius 2 is 1.70 bits per heavy atom. The maximum Gasteiger partial charge on any atom is 0.0454 e. The van der Waals surface area contributed by atoms with Gasteiger partial charge in [0, 0.05) is 11.1 Å². The highest BCUT2D eigenvalue weighted by atomic mass is 35.5. The van der Waals surface area contributed by atoms with Crippen molar-refractivity contribution in [2.45, 2.75) is 38.6 Å². The zero-order chi connectivity index (χ0) is 14.8. The van der Waals surface area contributed by atoms with E-state index in [1.54, 1.807) is 0 Å². The van der Waals surface area contributed by atoms with Crippen molar-refractivity contribution in [3.05, 3.63) is 70.2 Å². The SMILES string of the molecule is CC(C)(C)c1ccc(Cl)c(C(N)Cc2ccccc2)c1. The molecule has 1 atom stereocenters. The third-order valence-electron chi connectivity index (χ3n) is 3.56. The Balaban J connectivity index is 2.27. The summed E-state index contributed by atoms with van der Waals surface area (Å²) < 4.78 is 0. The first-order valence-corrected chi connectivity index (χ1v) is 7.35. The molecule has 0 fully saturated rings. The summed E-state index contributed by atoms with van der Waals surface area (Å²) in [5.74, 6) is 0. The average molecular weight is 288 g/mol. The van der Waals surface area contributed by atoms with Crippen molar-refractivity contribution < 1.29 is 0 Å². The zero-order valence-electron chi connectivity index (χ0n) is 12.4. The monoisotopic (exact) mass is 287 g/mol. The van der Waals surface area contributed by atoms with Crippen LogP contribution in [0.2, 0.25) is 5.02 Å². The Morgan fingerprint density at radius 1 is 1.05 bits per heavy atom. The molecule has 0 aliphatic rings. The lowest BCUT2D eigenvalue weighted by atomic mass is 9.85. The highest BCUT2D eigenvalue weighted by Gasteiger charge is 2.18. The van der Waals surface area contributed by atoms with Crippen LogP contribution in [0.5, 0.6) is 0 Å². The molecule has 0 amide bonds. The van der Waals surface area contributed by atoms with Gasteiger partial charge in [-0.25, -0.2) is 0 Å². The first-order chi connectivity index (χ1) is 9.38. The highest BCUT2D eigenvalue weighted by Crippen LogP contribution is 2.30. The normalized spacial score (nSPS) is 13.2. The molecule has 2 aromatic carbocycles. The fourth-order valence-corrected chi connectivity index (χ4v) is 2.53. The zero-order valence-corrected chi connectivity index (χ0v) is 13.1. The maximum absolute atomic E-state index is 6.36. The highest BCUT2D eigenvalue weighted by molar-refractivity contribution is 6.31. The van der Waals surface area contributed by atoms with Gasteiger partial charge < -0.3 is 5.73 Å². The summed E-state index contributed by atoms with van der Waals surface area (Å²) >= 11 is 6.33. The molecule has 20 heavy (non-hydrogen) atoms. The molecule has 0 aromatic heterocycles. The molecule has 0 heterocycles. The summed E-state index contributed by atoms with van der Waals surface area (Å²) in [7, 11) is 0. The van der Waals surface area contributed by atoms with Crippen LogP contribution in [0, 0.1) is 0 Å². The van der Waals surface area contributed by atoms with Crippen molar-refractivity contribution in [3.8, 4) is 0 Å². The Hall–Kier alpha value is -1.31. The second kappa shape index (κ2) is 5.99. The van der Waals surface area contributed by atoms with Crippen LogP contribution in [0.4, 0.5) is 0 Å². The lowest BCUT2D eigenvalue weighted by Crippen LogP contribution is -2.17. The molecule has 1 nitrogen and oxygen atoms in total. The van der Waals surface area contributed by atoms with E-state index in [1.807, 2.05) is 24.3 Å². The van der Waals surface area contributed by atoms with E-state index in [0.717, 1.165) is 17.0 Å². The fourth-order valence-electron chi connectivity index (χ4n) is 2.27. The quantitative estimate of drug-likeness (QED) is 0.855. The van der Waals surface area contributed by atoms with Crippen molar-refractivity contribution in [2.75, 3.05) is 0 Å². The second-order valence-electron chi connectivity index (χ2n) is 6.28. The molecule has 0 aliphatic carbocycles. The number of hydrogen-bond donors (Lipinski definition) is 1. The van der Waals surface area contributed by atoms with Crippen LogP contribution in [0.1, 0.15) is 43.5 Å². The first-order valence-electron chi connectivity index (χ1n) is 6.97. The van der Waals surface area contributed by atoms with Gasteiger partial charge in [-0.3, -0.25) is 0 Å². The molecule has 1 unspecified atom stereocenters. The predicted octanol–water partition coefficient (Wildman–Crippen LogP) is 4.88. The first kappa shape index (κ1) is 15.1. The van der Waals surface area contributed by atoms with E-state index in [4.69, 9.17) is 17.3 Å². The minimum absolute atomic E-state index is 0.0767. The van der Waals surface area contributed by atoms with Gasteiger partial charge in [0.2, 0.25) is 0 Å². The second-order valence-corrected chi connectivity index (χ2v) is 6.69. The van der Waals surface area contributed by atoms with Crippen molar-refractivity contribution in [3.63, 3.8) is 0 Å². The van der Waals surface area contributed by atoms with Gasteiger partial charge in [-0.1, -0.05) is 74.8 Å². The lowest BCUT2D eigenvalue weighted by Gasteiger charge is -2.22. The summed E-state index contributed by atoms with van der Waals surface area (Å²) in [6.45, 7) is 6.59. The maximum atomic E-state index is 6.36. The third kappa shape index (κ3) is 3.62. The van der Waals surface area contributed by atoms with Gasteiger partial charge in [0.25, 0.3) is 0 Å². The molecular formula is C18H22ClN. The summed E-state index contributed by atoms with van der Waals surface area (Å²) in [5, 5.41) is 0.751. The van der Waals surface area contributed by atoms with Crippen LogP contribution in [0.25, 0.3) is 0 Å². The van der Waals surface area contributed by atoms with Crippen LogP contribution < -0.4 is 5.73 Å². The van der Waals surface area contributed by atoms with Gasteiger partial charge in [-0.05, 0) is 34.6 Å². The minimum Gasteiger partial charge on any atom is -0.324 e. The van der Waals surface area contributed by atoms with Gasteiger partial charge in [-0.15, -0.1) is 0 Å². The van der Waals surface area contributed by atoms with Crippen LogP contribution >= 0.6 is 11.6 Å². The predicted molar refractivity (Wildman–Crippen MR) is 87.2 cm³/mol. The summed E-state index contributed by atoms with van der Waals surface area (Å²) in [4.78, 5) is 0. The van der Waals surface area contributed by atoms with E-state index in [2.05, 4.69) is 45.0 Å². The van der Waals surface area contributed by atoms with Gasteiger partial charge in [0.15, 0.2) is 0 Å². The fraction of sp³-hybridized carbons (Fsp3) is 0.333. The summed E-state index contributed by atoms with van der Waals surface area (Å²) in [5.41, 5.74) is 9.99. The number of nitrogens with two attached hydrogens (primary N) is 1. The Bertz CT molecular complexity index is 570. The topological polar surface area (TPSA) is 26.0 Å². The molecule has 106 valence electrons. The van der Waals surface area contributed by atoms with Crippen molar-refractivity contribution in [1.82, 2.24) is 0 Å². The molecule has 0 saturated carbocycles. The van der Waals surface area contributed by atoms with E-state index >= 15 is 0 Å². The molecule has 2 rings (SSSR count). The smallest absolute Gasteiger partial charge is 0.0454 e. The molecule has 0 radical (unpaired) electrons. The lowest BCUT2D eigenvalue weighted by molar-refractivity contribution is 0.587. The van der Waals surface area contributed by atoms with Crippen LogP contribution in [0.3, 0.4) is 0 Å². The molecule has 2 aromatic rings.